The zero-order valence-electron chi connectivity index (χ0n) is 11.0. The Morgan fingerprint density at radius 1 is 1.50 bits per heavy atom. The van der Waals surface area contributed by atoms with Crippen LogP contribution in [0.1, 0.15) is 37.1 Å². The lowest BCUT2D eigenvalue weighted by Gasteiger charge is -2.10. The molecule has 1 N–H and O–H groups in total. The van der Waals surface area contributed by atoms with Crippen molar-refractivity contribution in [1.29, 1.82) is 0 Å². The van der Waals surface area contributed by atoms with E-state index in [0.717, 1.165) is 15.9 Å². The molecule has 1 aromatic rings. The Hall–Kier alpha value is -0.680. The molecule has 0 saturated heterocycles. The maximum Gasteiger partial charge on any atom is 0.152 e. The highest BCUT2D eigenvalue weighted by Crippen LogP contribution is 2.21. The quantitative estimate of drug-likeness (QED) is 0.906. The number of nitrogens with zero attached hydrogens (tertiary/aromatic N) is 2. The fraction of sp³-hybridized carbons (Fsp3) is 0.692. The second-order valence-electron chi connectivity index (χ2n) is 5.05. The Bertz CT molecular complexity index is 436. The van der Waals surface area contributed by atoms with Gasteiger partial charge in [0.1, 0.15) is 0 Å². The summed E-state index contributed by atoms with van der Waals surface area (Å²) >= 11 is 3.49. The van der Waals surface area contributed by atoms with Gasteiger partial charge in [0.15, 0.2) is 5.78 Å². The van der Waals surface area contributed by atoms with Crippen molar-refractivity contribution in [1.82, 2.24) is 15.1 Å². The number of ketones is 1. The Morgan fingerprint density at radius 2 is 2.17 bits per heavy atom. The van der Waals surface area contributed by atoms with Gasteiger partial charge in [-0.2, -0.15) is 5.10 Å². The van der Waals surface area contributed by atoms with Crippen LogP contribution in [0.25, 0.3) is 0 Å². The van der Waals surface area contributed by atoms with Crippen LogP contribution >= 0.6 is 15.9 Å². The molecule has 4 nitrogen and oxygen atoms in total. The number of hydrogen-bond acceptors (Lipinski definition) is 3. The third kappa shape index (κ3) is 3.20. The van der Waals surface area contributed by atoms with Crippen molar-refractivity contribution in [2.24, 2.45) is 7.05 Å². The SMILES string of the molecule is Cc1nn(C)c(CC(=O)CNC2CCCC2)c1Br. The summed E-state index contributed by atoms with van der Waals surface area (Å²) in [6.07, 6.45) is 5.44. The van der Waals surface area contributed by atoms with E-state index in [4.69, 9.17) is 0 Å². The molecule has 0 amide bonds. The molecule has 1 heterocycles. The first kappa shape index (κ1) is 13.7. The summed E-state index contributed by atoms with van der Waals surface area (Å²) in [5.41, 5.74) is 1.90. The van der Waals surface area contributed by atoms with Crippen LogP contribution in [0.3, 0.4) is 0 Å². The molecule has 0 radical (unpaired) electrons. The third-order valence-corrected chi connectivity index (χ3v) is 4.60. The Balaban J connectivity index is 1.86. The van der Waals surface area contributed by atoms with Gasteiger partial charge in [0.2, 0.25) is 0 Å². The largest absolute Gasteiger partial charge is 0.307 e. The average molecular weight is 314 g/mol. The molecule has 1 fully saturated rings. The number of halogens is 1. The van der Waals surface area contributed by atoms with E-state index in [-0.39, 0.29) is 5.78 Å². The molecule has 100 valence electrons. The zero-order chi connectivity index (χ0) is 13.1. The highest BCUT2D eigenvalue weighted by Gasteiger charge is 2.17. The molecule has 0 aromatic carbocycles. The van der Waals surface area contributed by atoms with Crippen molar-refractivity contribution in [3.05, 3.63) is 15.9 Å². The van der Waals surface area contributed by atoms with Gasteiger partial charge in [-0.05, 0) is 35.7 Å². The number of hydrogen-bond donors (Lipinski definition) is 1. The van der Waals surface area contributed by atoms with Crippen molar-refractivity contribution in [3.8, 4) is 0 Å². The molecule has 0 bridgehead atoms. The Morgan fingerprint density at radius 3 is 2.72 bits per heavy atom. The molecular formula is C13H20BrN3O. The minimum Gasteiger partial charge on any atom is -0.307 e. The molecule has 1 aliphatic rings. The zero-order valence-corrected chi connectivity index (χ0v) is 12.6. The molecule has 5 heteroatoms. The van der Waals surface area contributed by atoms with E-state index in [1.165, 1.54) is 25.7 Å². The smallest absolute Gasteiger partial charge is 0.152 e. The monoisotopic (exact) mass is 313 g/mol. The van der Waals surface area contributed by atoms with Crippen molar-refractivity contribution >= 4 is 21.7 Å². The number of carbonyl (C=O) groups excluding carboxylic acids is 1. The minimum absolute atomic E-state index is 0.227. The van der Waals surface area contributed by atoms with Crippen LogP contribution in [-0.2, 0) is 18.3 Å². The number of carbonyl (C=O) groups is 1. The summed E-state index contributed by atoms with van der Waals surface area (Å²) in [7, 11) is 1.88. The summed E-state index contributed by atoms with van der Waals surface area (Å²) in [6, 6.07) is 0.547. The number of aromatic nitrogens is 2. The van der Waals surface area contributed by atoms with Crippen LogP contribution in [-0.4, -0.2) is 28.2 Å². The second-order valence-corrected chi connectivity index (χ2v) is 5.84. The van der Waals surface area contributed by atoms with Crippen LogP contribution in [0.5, 0.6) is 0 Å². The van der Waals surface area contributed by atoms with E-state index < -0.39 is 0 Å². The molecule has 1 saturated carbocycles. The summed E-state index contributed by atoms with van der Waals surface area (Å²) < 4.78 is 2.74. The molecule has 18 heavy (non-hydrogen) atoms. The number of aryl methyl sites for hydroxylation is 2. The fourth-order valence-corrected chi connectivity index (χ4v) is 2.99. The van der Waals surface area contributed by atoms with Crippen molar-refractivity contribution in [2.75, 3.05) is 6.54 Å². The fourth-order valence-electron chi connectivity index (χ4n) is 2.51. The average Bonchev–Trinajstić information content (AvgIpc) is 2.92. The van der Waals surface area contributed by atoms with Gasteiger partial charge in [-0.25, -0.2) is 0 Å². The van der Waals surface area contributed by atoms with Gasteiger partial charge in [0.05, 0.1) is 28.8 Å². The van der Waals surface area contributed by atoms with Gasteiger partial charge in [-0.1, -0.05) is 12.8 Å². The lowest BCUT2D eigenvalue weighted by atomic mass is 10.2. The first-order chi connectivity index (χ1) is 8.58. The summed E-state index contributed by atoms with van der Waals surface area (Å²) in [5.74, 6) is 0.227. The van der Waals surface area contributed by atoms with Gasteiger partial charge >= 0.3 is 0 Å². The highest BCUT2D eigenvalue weighted by molar-refractivity contribution is 9.10. The van der Waals surface area contributed by atoms with Gasteiger partial charge in [-0.15, -0.1) is 0 Å². The molecule has 0 unspecified atom stereocenters. The number of nitrogens with one attached hydrogen (secondary N) is 1. The van der Waals surface area contributed by atoms with Gasteiger partial charge in [0.25, 0.3) is 0 Å². The standard InChI is InChI=1S/C13H20BrN3O/c1-9-13(14)12(17(2)16-9)7-11(18)8-15-10-5-3-4-6-10/h10,15H,3-8H2,1-2H3. The van der Waals surface area contributed by atoms with E-state index in [2.05, 4.69) is 26.3 Å². The molecule has 0 aliphatic heterocycles. The Labute approximate surface area is 116 Å². The van der Waals surface area contributed by atoms with Crippen LogP contribution in [0, 0.1) is 6.92 Å². The molecule has 1 aromatic heterocycles. The predicted molar refractivity (Wildman–Crippen MR) is 74.6 cm³/mol. The lowest BCUT2D eigenvalue weighted by Crippen LogP contribution is -2.32. The first-order valence-corrected chi connectivity index (χ1v) is 7.30. The van der Waals surface area contributed by atoms with Crippen molar-refractivity contribution in [2.45, 2.75) is 45.1 Å². The highest BCUT2D eigenvalue weighted by atomic mass is 79.9. The van der Waals surface area contributed by atoms with Crippen LogP contribution in [0.4, 0.5) is 0 Å². The van der Waals surface area contributed by atoms with E-state index in [1.807, 2.05) is 14.0 Å². The van der Waals surface area contributed by atoms with Gasteiger partial charge in [-0.3, -0.25) is 9.48 Å². The molecule has 1 aliphatic carbocycles. The summed E-state index contributed by atoms with van der Waals surface area (Å²) in [6.45, 7) is 2.41. The van der Waals surface area contributed by atoms with Crippen LogP contribution < -0.4 is 5.32 Å². The molecule has 0 atom stereocenters. The minimum atomic E-state index is 0.227. The van der Waals surface area contributed by atoms with Crippen LogP contribution in [0.15, 0.2) is 4.47 Å². The van der Waals surface area contributed by atoms with Gasteiger partial charge < -0.3 is 5.32 Å². The van der Waals surface area contributed by atoms with Crippen LogP contribution in [0.2, 0.25) is 0 Å². The molecule has 2 rings (SSSR count). The van der Waals surface area contributed by atoms with Gasteiger partial charge in [0, 0.05) is 13.1 Å². The maximum absolute atomic E-state index is 12.0. The third-order valence-electron chi connectivity index (χ3n) is 3.57. The summed E-state index contributed by atoms with van der Waals surface area (Å²) in [4.78, 5) is 12.0. The number of rotatable bonds is 5. The Kier molecular flexibility index (Phi) is 4.56. The summed E-state index contributed by atoms with van der Waals surface area (Å²) in [5, 5.41) is 7.65. The van der Waals surface area contributed by atoms with E-state index in [9.17, 15) is 4.79 Å². The lowest BCUT2D eigenvalue weighted by molar-refractivity contribution is -0.117. The molecular weight excluding hydrogens is 294 g/mol. The first-order valence-electron chi connectivity index (χ1n) is 6.51. The second kappa shape index (κ2) is 5.97. The molecule has 0 spiro atoms. The van der Waals surface area contributed by atoms with Crippen molar-refractivity contribution in [3.63, 3.8) is 0 Å². The van der Waals surface area contributed by atoms with E-state index >= 15 is 0 Å². The maximum atomic E-state index is 12.0. The van der Waals surface area contributed by atoms with E-state index in [1.54, 1.807) is 4.68 Å². The normalized spacial score (nSPS) is 16.4. The number of Topliss-reactive ketones (excluding diaryl/α,β-unsaturated/α-hetero) is 1. The topological polar surface area (TPSA) is 46.9 Å². The predicted octanol–water partition coefficient (Wildman–Crippen LogP) is 2.13. The van der Waals surface area contributed by atoms with E-state index in [0.29, 0.717) is 19.0 Å². The van der Waals surface area contributed by atoms with Crippen molar-refractivity contribution < 1.29 is 4.79 Å².